The molecule has 12 heteroatoms. The molecule has 0 heterocycles. The summed E-state index contributed by atoms with van der Waals surface area (Å²) in [5, 5.41) is 8.66. The Hall–Kier alpha value is -3.44. The van der Waals surface area contributed by atoms with Gasteiger partial charge in [0, 0.05) is 25.2 Å². The number of esters is 2. The molecule has 6 amide bonds. The van der Waals surface area contributed by atoms with Crippen LogP contribution in [0.25, 0.3) is 0 Å². The van der Waals surface area contributed by atoms with E-state index in [0.29, 0.717) is 38.1 Å². The summed E-state index contributed by atoms with van der Waals surface area (Å²) < 4.78 is 9.04. The fourth-order valence-electron chi connectivity index (χ4n) is 1.40. The SMILES string of the molecule is CCCNC(=O)NC(=O)COC(=O)/C=C/C(=O)OCC(=O)NC(=O)NCCC. The van der Waals surface area contributed by atoms with Crippen LogP contribution in [0.15, 0.2) is 12.2 Å². The van der Waals surface area contributed by atoms with Crippen LogP contribution in [0.1, 0.15) is 26.7 Å². The number of urea groups is 2. The molecule has 28 heavy (non-hydrogen) atoms. The van der Waals surface area contributed by atoms with Crippen LogP contribution in [0.3, 0.4) is 0 Å². The summed E-state index contributed by atoms with van der Waals surface area (Å²) >= 11 is 0. The fourth-order valence-corrected chi connectivity index (χ4v) is 1.40. The van der Waals surface area contributed by atoms with Crippen molar-refractivity contribution >= 4 is 35.8 Å². The van der Waals surface area contributed by atoms with Crippen LogP contribution < -0.4 is 21.3 Å². The van der Waals surface area contributed by atoms with Gasteiger partial charge in [-0.15, -0.1) is 0 Å². The molecule has 0 saturated heterocycles. The van der Waals surface area contributed by atoms with Gasteiger partial charge in [0.2, 0.25) is 0 Å². The van der Waals surface area contributed by atoms with Gasteiger partial charge >= 0.3 is 24.0 Å². The van der Waals surface area contributed by atoms with Crippen molar-refractivity contribution in [2.75, 3.05) is 26.3 Å². The van der Waals surface area contributed by atoms with Crippen LogP contribution in [0, 0.1) is 0 Å². The molecule has 0 spiro atoms. The molecule has 0 saturated carbocycles. The average Bonchev–Trinajstić information content (AvgIpc) is 2.65. The highest BCUT2D eigenvalue weighted by molar-refractivity contribution is 5.98. The zero-order chi connectivity index (χ0) is 21.4. The molecule has 0 fully saturated rings. The molecule has 0 aromatic heterocycles. The Morgan fingerprint density at radius 1 is 0.679 bits per heavy atom. The Balaban J connectivity index is 4.05. The summed E-state index contributed by atoms with van der Waals surface area (Å²) in [6.07, 6.45) is 2.73. The number of carbonyl (C=O) groups is 6. The third kappa shape index (κ3) is 13.8. The van der Waals surface area contributed by atoms with E-state index in [9.17, 15) is 28.8 Å². The van der Waals surface area contributed by atoms with Gasteiger partial charge in [-0.05, 0) is 12.8 Å². The molecular formula is C16H24N4O8. The van der Waals surface area contributed by atoms with E-state index in [1.165, 1.54) is 0 Å². The third-order valence-corrected chi connectivity index (χ3v) is 2.62. The van der Waals surface area contributed by atoms with Gasteiger partial charge in [-0.2, -0.15) is 0 Å². The maximum atomic E-state index is 11.4. The van der Waals surface area contributed by atoms with Gasteiger partial charge in [0.05, 0.1) is 0 Å². The molecule has 0 aliphatic heterocycles. The number of imide groups is 2. The van der Waals surface area contributed by atoms with E-state index in [1.807, 2.05) is 24.5 Å². The number of hydrogen-bond acceptors (Lipinski definition) is 8. The molecule has 156 valence electrons. The lowest BCUT2D eigenvalue weighted by molar-refractivity contribution is -0.145. The van der Waals surface area contributed by atoms with Gasteiger partial charge in [-0.1, -0.05) is 13.8 Å². The van der Waals surface area contributed by atoms with E-state index in [2.05, 4.69) is 20.1 Å². The summed E-state index contributed by atoms with van der Waals surface area (Å²) in [6, 6.07) is -1.44. The van der Waals surface area contributed by atoms with Crippen molar-refractivity contribution in [1.82, 2.24) is 21.3 Å². The zero-order valence-electron chi connectivity index (χ0n) is 15.7. The summed E-state index contributed by atoms with van der Waals surface area (Å²) in [4.78, 5) is 67.8. The maximum absolute atomic E-state index is 11.4. The lowest BCUT2D eigenvalue weighted by Crippen LogP contribution is -2.41. The largest absolute Gasteiger partial charge is 0.452 e. The lowest BCUT2D eigenvalue weighted by atomic mass is 10.5. The van der Waals surface area contributed by atoms with Gasteiger partial charge in [-0.25, -0.2) is 19.2 Å². The van der Waals surface area contributed by atoms with Gasteiger partial charge < -0.3 is 20.1 Å². The molecule has 4 N–H and O–H groups in total. The summed E-state index contributed by atoms with van der Waals surface area (Å²) in [5.74, 6) is -3.78. The van der Waals surface area contributed by atoms with Crippen molar-refractivity contribution in [3.63, 3.8) is 0 Å². The van der Waals surface area contributed by atoms with Crippen molar-refractivity contribution in [2.45, 2.75) is 26.7 Å². The summed E-state index contributed by atoms with van der Waals surface area (Å²) in [7, 11) is 0. The Kier molecular flexibility index (Phi) is 12.9. The number of nitrogens with one attached hydrogen (secondary N) is 4. The van der Waals surface area contributed by atoms with Crippen LogP contribution in [0.5, 0.6) is 0 Å². The van der Waals surface area contributed by atoms with Gasteiger partial charge in [-0.3, -0.25) is 20.2 Å². The Bertz CT molecular complexity index is 566. The second-order valence-corrected chi connectivity index (χ2v) is 5.16. The van der Waals surface area contributed by atoms with Gasteiger partial charge in [0.25, 0.3) is 11.8 Å². The minimum atomic E-state index is -1.04. The molecule has 12 nitrogen and oxygen atoms in total. The average molecular weight is 400 g/mol. The monoisotopic (exact) mass is 400 g/mol. The molecule has 0 aliphatic rings. The normalized spacial score (nSPS) is 9.93. The minimum absolute atomic E-state index is 0.380. The zero-order valence-corrected chi connectivity index (χ0v) is 15.7. The molecule has 0 aliphatic carbocycles. The first kappa shape index (κ1) is 24.6. The van der Waals surface area contributed by atoms with Crippen molar-refractivity contribution in [1.29, 1.82) is 0 Å². The topological polar surface area (TPSA) is 169 Å². The highest BCUT2D eigenvalue weighted by atomic mass is 16.5. The van der Waals surface area contributed by atoms with Crippen molar-refractivity contribution < 1.29 is 38.2 Å². The van der Waals surface area contributed by atoms with Crippen LogP contribution in [0.2, 0.25) is 0 Å². The third-order valence-electron chi connectivity index (χ3n) is 2.62. The molecule has 0 unspecified atom stereocenters. The highest BCUT2D eigenvalue weighted by Gasteiger charge is 2.11. The van der Waals surface area contributed by atoms with E-state index < -0.39 is 49.0 Å². The predicted molar refractivity (Wildman–Crippen MR) is 94.7 cm³/mol. The standard InChI is InChI=1S/C16H24N4O8/c1-3-7-17-15(25)19-11(21)9-27-13(23)5-6-14(24)28-10-12(22)20-16(26)18-8-4-2/h5-6H,3-4,7-10H2,1-2H3,(H2,17,19,21,25)(H2,18,20,22,26)/b6-5+. The quantitative estimate of drug-likeness (QED) is 0.270. The van der Waals surface area contributed by atoms with E-state index in [0.717, 1.165) is 0 Å². The van der Waals surface area contributed by atoms with Crippen LogP contribution in [0.4, 0.5) is 9.59 Å². The molecule has 0 aromatic rings. The number of hydrogen-bond donors (Lipinski definition) is 4. The molecule has 0 rings (SSSR count). The minimum Gasteiger partial charge on any atom is -0.452 e. The second-order valence-electron chi connectivity index (χ2n) is 5.16. The molecule has 0 atom stereocenters. The smallest absolute Gasteiger partial charge is 0.331 e. The first-order chi connectivity index (χ1) is 13.3. The van der Waals surface area contributed by atoms with E-state index in [-0.39, 0.29) is 0 Å². The van der Waals surface area contributed by atoms with Crippen LogP contribution >= 0.6 is 0 Å². The van der Waals surface area contributed by atoms with Crippen molar-refractivity contribution in [2.24, 2.45) is 0 Å². The van der Waals surface area contributed by atoms with Crippen molar-refractivity contribution in [3.05, 3.63) is 12.2 Å². The van der Waals surface area contributed by atoms with E-state index >= 15 is 0 Å². The maximum Gasteiger partial charge on any atom is 0.331 e. The first-order valence-corrected chi connectivity index (χ1v) is 8.45. The highest BCUT2D eigenvalue weighted by Crippen LogP contribution is 1.87. The van der Waals surface area contributed by atoms with Gasteiger partial charge in [0.1, 0.15) is 0 Å². The number of carbonyl (C=O) groups excluding carboxylic acids is 6. The molecule has 0 aromatic carbocycles. The van der Waals surface area contributed by atoms with Crippen LogP contribution in [-0.2, 0) is 28.7 Å². The predicted octanol–water partition coefficient (Wildman–Crippen LogP) is -0.899. The lowest BCUT2D eigenvalue weighted by Gasteiger charge is -2.06. The first-order valence-electron chi connectivity index (χ1n) is 8.45. The number of ether oxygens (including phenoxy) is 2. The molecule has 0 radical (unpaired) electrons. The summed E-state index contributed by atoms with van der Waals surface area (Å²) in [6.45, 7) is 2.96. The summed E-state index contributed by atoms with van der Waals surface area (Å²) in [5.41, 5.74) is 0. The Morgan fingerprint density at radius 2 is 1.04 bits per heavy atom. The number of rotatable bonds is 10. The molecular weight excluding hydrogens is 376 g/mol. The second kappa shape index (κ2) is 14.7. The van der Waals surface area contributed by atoms with Crippen molar-refractivity contribution in [3.8, 4) is 0 Å². The van der Waals surface area contributed by atoms with E-state index in [1.54, 1.807) is 0 Å². The Morgan fingerprint density at radius 3 is 1.36 bits per heavy atom. The van der Waals surface area contributed by atoms with E-state index in [4.69, 9.17) is 0 Å². The fraction of sp³-hybridized carbons (Fsp3) is 0.500. The Labute approximate surface area is 161 Å². The van der Waals surface area contributed by atoms with Gasteiger partial charge in [0.15, 0.2) is 13.2 Å². The number of amides is 6. The molecule has 0 bridgehead atoms. The van der Waals surface area contributed by atoms with Crippen LogP contribution in [-0.4, -0.2) is 62.1 Å².